The van der Waals surface area contributed by atoms with E-state index in [1.165, 1.54) is 0 Å². The molecular formula is C12H20N4O2. The van der Waals surface area contributed by atoms with Crippen LogP contribution in [-0.2, 0) is 0 Å². The van der Waals surface area contributed by atoms with Gasteiger partial charge in [0.05, 0.1) is 6.10 Å². The van der Waals surface area contributed by atoms with Crippen molar-refractivity contribution >= 4 is 11.7 Å². The van der Waals surface area contributed by atoms with Gasteiger partial charge in [-0.2, -0.15) is 0 Å². The highest BCUT2D eigenvalue weighted by Crippen LogP contribution is 2.03. The first kappa shape index (κ1) is 14.4. The molecule has 0 bridgehead atoms. The van der Waals surface area contributed by atoms with Crippen molar-refractivity contribution in [3.05, 3.63) is 17.8 Å². The third-order valence-electron chi connectivity index (χ3n) is 2.34. The zero-order chi connectivity index (χ0) is 13.4. The number of carbonyl (C=O) groups excluding carboxylic acids is 1. The fourth-order valence-corrected chi connectivity index (χ4v) is 1.41. The summed E-state index contributed by atoms with van der Waals surface area (Å²) in [4.78, 5) is 11.4. The van der Waals surface area contributed by atoms with Crippen LogP contribution in [0.4, 0.5) is 5.82 Å². The number of aliphatic hydroxyl groups is 1. The number of aromatic nitrogens is 2. The summed E-state index contributed by atoms with van der Waals surface area (Å²) in [6.07, 6.45) is 1.33. The molecule has 1 amide bonds. The molecule has 0 saturated carbocycles. The summed E-state index contributed by atoms with van der Waals surface area (Å²) < 4.78 is 0. The number of aliphatic hydroxyl groups excluding tert-OH is 1. The molecule has 1 atom stereocenters. The first-order valence-electron chi connectivity index (χ1n) is 6.17. The van der Waals surface area contributed by atoms with Gasteiger partial charge >= 0.3 is 0 Å². The molecule has 1 rings (SSSR count). The molecule has 6 nitrogen and oxygen atoms in total. The molecule has 0 saturated heterocycles. The van der Waals surface area contributed by atoms with Crippen molar-refractivity contribution in [1.29, 1.82) is 0 Å². The van der Waals surface area contributed by atoms with Crippen molar-refractivity contribution in [1.82, 2.24) is 15.5 Å². The van der Waals surface area contributed by atoms with E-state index < -0.39 is 0 Å². The Morgan fingerprint density at radius 3 is 2.78 bits per heavy atom. The fraction of sp³-hybridized carbons (Fsp3) is 0.583. The standard InChI is InChI=1S/C12H20N4O2/c1-3-13-12(18)10-6-7-11(16-15-10)14-8-4-5-9(2)17/h6-7,9,17H,3-5,8H2,1-2H3,(H,13,18)(H,14,16). The van der Waals surface area contributed by atoms with E-state index in [9.17, 15) is 4.79 Å². The SMILES string of the molecule is CCNC(=O)c1ccc(NCCCC(C)O)nn1. The molecule has 0 aliphatic heterocycles. The monoisotopic (exact) mass is 252 g/mol. The number of rotatable bonds is 7. The van der Waals surface area contributed by atoms with Crippen molar-refractivity contribution in [2.75, 3.05) is 18.4 Å². The Morgan fingerprint density at radius 1 is 1.44 bits per heavy atom. The first-order chi connectivity index (χ1) is 8.63. The second-order valence-electron chi connectivity index (χ2n) is 4.08. The van der Waals surface area contributed by atoms with E-state index in [2.05, 4.69) is 20.8 Å². The van der Waals surface area contributed by atoms with Gasteiger partial charge in [-0.1, -0.05) is 0 Å². The summed E-state index contributed by atoms with van der Waals surface area (Å²) in [5, 5.41) is 22.6. The van der Waals surface area contributed by atoms with Gasteiger partial charge in [-0.05, 0) is 38.8 Å². The molecule has 1 aromatic rings. The second-order valence-corrected chi connectivity index (χ2v) is 4.08. The second kappa shape index (κ2) is 7.60. The minimum absolute atomic E-state index is 0.217. The third-order valence-corrected chi connectivity index (χ3v) is 2.34. The number of anilines is 1. The van der Waals surface area contributed by atoms with Crippen molar-refractivity contribution in [3.8, 4) is 0 Å². The van der Waals surface area contributed by atoms with E-state index in [4.69, 9.17) is 5.11 Å². The smallest absolute Gasteiger partial charge is 0.271 e. The van der Waals surface area contributed by atoms with Gasteiger partial charge in [-0.3, -0.25) is 4.79 Å². The summed E-state index contributed by atoms with van der Waals surface area (Å²) in [5.74, 6) is 0.416. The van der Waals surface area contributed by atoms with Crippen LogP contribution < -0.4 is 10.6 Å². The fourth-order valence-electron chi connectivity index (χ4n) is 1.41. The van der Waals surface area contributed by atoms with Gasteiger partial charge in [0.1, 0.15) is 5.82 Å². The molecule has 1 aromatic heterocycles. The van der Waals surface area contributed by atoms with Crippen molar-refractivity contribution in [3.63, 3.8) is 0 Å². The van der Waals surface area contributed by atoms with Crippen LogP contribution in [0.1, 0.15) is 37.2 Å². The number of nitrogens with zero attached hydrogens (tertiary/aromatic N) is 2. The summed E-state index contributed by atoms with van der Waals surface area (Å²) in [7, 11) is 0. The number of hydrogen-bond acceptors (Lipinski definition) is 5. The van der Waals surface area contributed by atoms with E-state index >= 15 is 0 Å². The largest absolute Gasteiger partial charge is 0.393 e. The molecule has 1 heterocycles. The van der Waals surface area contributed by atoms with Gasteiger partial charge < -0.3 is 15.7 Å². The highest BCUT2D eigenvalue weighted by molar-refractivity contribution is 5.92. The summed E-state index contributed by atoms with van der Waals surface area (Å²) in [6, 6.07) is 3.36. The highest BCUT2D eigenvalue weighted by atomic mass is 16.3. The molecule has 100 valence electrons. The van der Waals surface area contributed by atoms with E-state index in [-0.39, 0.29) is 12.0 Å². The Balaban J connectivity index is 2.38. The molecule has 18 heavy (non-hydrogen) atoms. The van der Waals surface area contributed by atoms with Crippen LogP contribution in [0.3, 0.4) is 0 Å². The van der Waals surface area contributed by atoms with E-state index in [1.807, 2.05) is 6.92 Å². The minimum Gasteiger partial charge on any atom is -0.393 e. The molecule has 0 spiro atoms. The van der Waals surface area contributed by atoms with Crippen LogP contribution in [0.25, 0.3) is 0 Å². The molecule has 6 heteroatoms. The summed E-state index contributed by atoms with van der Waals surface area (Å²) >= 11 is 0. The van der Waals surface area contributed by atoms with Gasteiger partial charge in [0.2, 0.25) is 0 Å². The Labute approximate surface area is 107 Å². The average Bonchev–Trinajstić information content (AvgIpc) is 2.35. The Hall–Kier alpha value is -1.69. The van der Waals surface area contributed by atoms with Crippen LogP contribution in [0.15, 0.2) is 12.1 Å². The lowest BCUT2D eigenvalue weighted by molar-refractivity contribution is 0.0950. The number of carbonyl (C=O) groups is 1. The van der Waals surface area contributed by atoms with Crippen LogP contribution in [0.2, 0.25) is 0 Å². The molecule has 0 aliphatic rings. The predicted molar refractivity (Wildman–Crippen MR) is 69.4 cm³/mol. The molecule has 0 radical (unpaired) electrons. The minimum atomic E-state index is -0.280. The number of nitrogens with one attached hydrogen (secondary N) is 2. The van der Waals surface area contributed by atoms with Crippen molar-refractivity contribution in [2.45, 2.75) is 32.8 Å². The quantitative estimate of drug-likeness (QED) is 0.625. The van der Waals surface area contributed by atoms with Crippen molar-refractivity contribution in [2.24, 2.45) is 0 Å². The normalized spacial score (nSPS) is 11.9. The van der Waals surface area contributed by atoms with Gasteiger partial charge in [0, 0.05) is 13.1 Å². The van der Waals surface area contributed by atoms with Gasteiger partial charge in [-0.15, -0.1) is 10.2 Å². The molecule has 1 unspecified atom stereocenters. The summed E-state index contributed by atoms with van der Waals surface area (Å²) in [6.45, 7) is 4.91. The predicted octanol–water partition coefficient (Wildman–Crippen LogP) is 0.799. The van der Waals surface area contributed by atoms with E-state index in [1.54, 1.807) is 19.1 Å². The lowest BCUT2D eigenvalue weighted by atomic mass is 10.2. The molecule has 0 aliphatic carbocycles. The van der Waals surface area contributed by atoms with Crippen LogP contribution >= 0.6 is 0 Å². The van der Waals surface area contributed by atoms with Crippen LogP contribution in [-0.4, -0.2) is 40.4 Å². The van der Waals surface area contributed by atoms with E-state index in [0.29, 0.717) is 18.1 Å². The Kier molecular flexibility index (Phi) is 6.07. The number of amides is 1. The Bertz CT molecular complexity index is 365. The van der Waals surface area contributed by atoms with Gasteiger partial charge in [0.25, 0.3) is 5.91 Å². The highest BCUT2D eigenvalue weighted by Gasteiger charge is 2.06. The van der Waals surface area contributed by atoms with Crippen LogP contribution in [0, 0.1) is 0 Å². The first-order valence-corrected chi connectivity index (χ1v) is 6.17. The maximum Gasteiger partial charge on any atom is 0.271 e. The lowest BCUT2D eigenvalue weighted by Crippen LogP contribution is -2.24. The van der Waals surface area contributed by atoms with Crippen LogP contribution in [0.5, 0.6) is 0 Å². The third kappa shape index (κ3) is 5.09. The molecule has 3 N–H and O–H groups in total. The number of hydrogen-bond donors (Lipinski definition) is 3. The summed E-state index contributed by atoms with van der Waals surface area (Å²) in [5.41, 5.74) is 0.311. The zero-order valence-electron chi connectivity index (χ0n) is 10.8. The molecule has 0 aromatic carbocycles. The molecule has 0 fully saturated rings. The maximum absolute atomic E-state index is 11.4. The Morgan fingerprint density at radius 2 is 2.22 bits per heavy atom. The average molecular weight is 252 g/mol. The maximum atomic E-state index is 11.4. The zero-order valence-corrected chi connectivity index (χ0v) is 10.8. The van der Waals surface area contributed by atoms with Gasteiger partial charge in [-0.25, -0.2) is 0 Å². The van der Waals surface area contributed by atoms with E-state index in [0.717, 1.165) is 19.4 Å². The molecular weight excluding hydrogens is 232 g/mol. The lowest BCUT2D eigenvalue weighted by Gasteiger charge is -2.06. The van der Waals surface area contributed by atoms with Crippen molar-refractivity contribution < 1.29 is 9.90 Å². The van der Waals surface area contributed by atoms with Gasteiger partial charge in [0.15, 0.2) is 5.69 Å². The topological polar surface area (TPSA) is 87.1 Å².